The van der Waals surface area contributed by atoms with Crippen LogP contribution >= 0.6 is 0 Å². The predicted molar refractivity (Wildman–Crippen MR) is 68.8 cm³/mol. The third kappa shape index (κ3) is 2.09. The van der Waals surface area contributed by atoms with Crippen molar-refractivity contribution in [3.8, 4) is 0 Å². The zero-order chi connectivity index (χ0) is 11.7. The molecular formula is C14H21N3. The molecule has 0 radical (unpaired) electrons. The zero-order valence-corrected chi connectivity index (χ0v) is 10.5. The maximum absolute atomic E-state index is 4.23. The van der Waals surface area contributed by atoms with Crippen LogP contribution in [0.25, 0.3) is 0 Å². The summed E-state index contributed by atoms with van der Waals surface area (Å²) in [5.74, 6) is 0. The second-order valence-electron chi connectivity index (χ2n) is 5.61. The third-order valence-electron chi connectivity index (χ3n) is 4.51. The molecule has 2 unspecified atom stereocenters. The van der Waals surface area contributed by atoms with E-state index in [0.29, 0.717) is 11.5 Å². The van der Waals surface area contributed by atoms with E-state index in [4.69, 9.17) is 0 Å². The van der Waals surface area contributed by atoms with Gasteiger partial charge in [0.1, 0.15) is 0 Å². The number of likely N-dealkylation sites (tertiary alicyclic amines) is 1. The quantitative estimate of drug-likeness (QED) is 0.841. The summed E-state index contributed by atoms with van der Waals surface area (Å²) in [6.07, 6.45) is 6.55. The summed E-state index contributed by atoms with van der Waals surface area (Å²) in [4.78, 5) is 6.84. The van der Waals surface area contributed by atoms with Crippen LogP contribution in [0.5, 0.6) is 0 Å². The molecule has 3 rings (SSSR count). The molecule has 1 aromatic heterocycles. The van der Waals surface area contributed by atoms with Crippen molar-refractivity contribution in [3.05, 3.63) is 30.1 Å². The predicted octanol–water partition coefficient (Wildman–Crippen LogP) is 1.83. The molecular weight excluding hydrogens is 210 g/mol. The van der Waals surface area contributed by atoms with Crippen molar-refractivity contribution in [3.63, 3.8) is 0 Å². The van der Waals surface area contributed by atoms with E-state index in [1.54, 1.807) is 0 Å². The molecule has 0 amide bonds. The van der Waals surface area contributed by atoms with E-state index < -0.39 is 0 Å². The second kappa shape index (κ2) is 4.39. The van der Waals surface area contributed by atoms with E-state index in [0.717, 1.165) is 0 Å². The van der Waals surface area contributed by atoms with Gasteiger partial charge in [-0.1, -0.05) is 6.07 Å². The highest BCUT2D eigenvalue weighted by Gasteiger charge is 2.41. The first-order valence-electron chi connectivity index (χ1n) is 6.64. The fourth-order valence-corrected chi connectivity index (χ4v) is 3.28. The highest BCUT2D eigenvalue weighted by molar-refractivity contribution is 5.14. The van der Waals surface area contributed by atoms with Crippen LogP contribution in [0, 0.1) is 5.41 Å². The Morgan fingerprint density at radius 1 is 1.47 bits per heavy atom. The Bertz CT molecular complexity index is 370. The first-order chi connectivity index (χ1) is 8.29. The van der Waals surface area contributed by atoms with Gasteiger partial charge in [-0.25, -0.2) is 0 Å². The number of hydrogen-bond donors (Lipinski definition) is 1. The number of aromatic nitrogens is 1. The second-order valence-corrected chi connectivity index (χ2v) is 5.61. The molecule has 1 aromatic rings. The maximum atomic E-state index is 4.23. The highest BCUT2D eigenvalue weighted by atomic mass is 15.2. The van der Waals surface area contributed by atoms with Gasteiger partial charge in [-0.2, -0.15) is 0 Å². The zero-order valence-electron chi connectivity index (χ0n) is 10.5. The molecule has 2 fully saturated rings. The summed E-state index contributed by atoms with van der Waals surface area (Å²) < 4.78 is 0. The number of nitrogens with one attached hydrogen (secondary N) is 1. The molecule has 2 aliphatic rings. The molecule has 3 nitrogen and oxygen atoms in total. The van der Waals surface area contributed by atoms with Gasteiger partial charge < -0.3 is 5.32 Å². The average Bonchev–Trinajstić information content (AvgIpc) is 3.01. The van der Waals surface area contributed by atoms with Crippen LogP contribution in [0.1, 0.15) is 31.4 Å². The van der Waals surface area contributed by atoms with E-state index in [2.05, 4.69) is 28.2 Å². The topological polar surface area (TPSA) is 28.2 Å². The Labute approximate surface area is 103 Å². The molecule has 17 heavy (non-hydrogen) atoms. The van der Waals surface area contributed by atoms with Gasteiger partial charge in [0, 0.05) is 31.5 Å². The number of nitrogens with zero attached hydrogens (tertiary/aromatic N) is 2. The lowest BCUT2D eigenvalue weighted by atomic mass is 9.86. The summed E-state index contributed by atoms with van der Waals surface area (Å²) in [5.41, 5.74) is 1.91. The van der Waals surface area contributed by atoms with Gasteiger partial charge in [0.15, 0.2) is 0 Å². The minimum Gasteiger partial charge on any atom is -0.316 e. The fourth-order valence-electron chi connectivity index (χ4n) is 3.28. The van der Waals surface area contributed by atoms with Crippen molar-refractivity contribution in [1.29, 1.82) is 0 Å². The summed E-state index contributed by atoms with van der Waals surface area (Å²) in [6.45, 7) is 7.20. The van der Waals surface area contributed by atoms with Crippen LogP contribution in [-0.2, 0) is 0 Å². The van der Waals surface area contributed by atoms with Crippen molar-refractivity contribution in [1.82, 2.24) is 15.2 Å². The van der Waals surface area contributed by atoms with Gasteiger partial charge in [-0.15, -0.1) is 0 Å². The molecule has 2 saturated heterocycles. The van der Waals surface area contributed by atoms with E-state index in [1.807, 2.05) is 18.5 Å². The minimum absolute atomic E-state index is 0.503. The van der Waals surface area contributed by atoms with Gasteiger partial charge in [0.2, 0.25) is 0 Å². The SMILES string of the molecule is CC(c1cccnc1)N1CCC2(CCNC2)C1. The third-order valence-corrected chi connectivity index (χ3v) is 4.51. The standard InChI is InChI=1S/C14H21N3/c1-12(13-3-2-6-15-9-13)17-8-5-14(11-17)4-7-16-10-14/h2-3,6,9,12,16H,4-5,7-8,10-11H2,1H3. The normalized spacial score (nSPS) is 31.1. The van der Waals surface area contributed by atoms with Crippen molar-refractivity contribution in [2.24, 2.45) is 5.41 Å². The Kier molecular flexibility index (Phi) is 2.89. The van der Waals surface area contributed by atoms with E-state index >= 15 is 0 Å². The van der Waals surface area contributed by atoms with Gasteiger partial charge in [-0.3, -0.25) is 9.88 Å². The van der Waals surface area contributed by atoms with Crippen LogP contribution < -0.4 is 5.32 Å². The van der Waals surface area contributed by atoms with Crippen molar-refractivity contribution in [2.45, 2.75) is 25.8 Å². The van der Waals surface area contributed by atoms with E-state index in [-0.39, 0.29) is 0 Å². The van der Waals surface area contributed by atoms with E-state index in [9.17, 15) is 0 Å². The smallest absolute Gasteiger partial charge is 0.0335 e. The molecule has 2 atom stereocenters. The number of pyridine rings is 1. The van der Waals surface area contributed by atoms with Gasteiger partial charge in [0.05, 0.1) is 0 Å². The van der Waals surface area contributed by atoms with Crippen LogP contribution in [0.4, 0.5) is 0 Å². The number of rotatable bonds is 2. The summed E-state index contributed by atoms with van der Waals surface area (Å²) in [6, 6.07) is 4.73. The molecule has 3 heteroatoms. The lowest BCUT2D eigenvalue weighted by molar-refractivity contribution is 0.223. The molecule has 0 aliphatic carbocycles. The number of hydrogen-bond acceptors (Lipinski definition) is 3. The Morgan fingerprint density at radius 3 is 3.12 bits per heavy atom. The monoisotopic (exact) mass is 231 g/mol. The van der Waals surface area contributed by atoms with Crippen LogP contribution in [-0.4, -0.2) is 36.1 Å². The van der Waals surface area contributed by atoms with Crippen LogP contribution in [0.2, 0.25) is 0 Å². The summed E-state index contributed by atoms with van der Waals surface area (Å²) >= 11 is 0. The molecule has 3 heterocycles. The Hall–Kier alpha value is -0.930. The fraction of sp³-hybridized carbons (Fsp3) is 0.643. The summed E-state index contributed by atoms with van der Waals surface area (Å²) in [7, 11) is 0. The Balaban J connectivity index is 1.70. The maximum Gasteiger partial charge on any atom is 0.0335 e. The average molecular weight is 231 g/mol. The van der Waals surface area contributed by atoms with Crippen molar-refractivity contribution in [2.75, 3.05) is 26.2 Å². The van der Waals surface area contributed by atoms with Crippen molar-refractivity contribution >= 4 is 0 Å². The molecule has 0 bridgehead atoms. The van der Waals surface area contributed by atoms with Gasteiger partial charge in [-0.05, 0) is 49.9 Å². The highest BCUT2D eigenvalue weighted by Crippen LogP contribution is 2.39. The molecule has 2 aliphatic heterocycles. The van der Waals surface area contributed by atoms with Gasteiger partial charge in [0.25, 0.3) is 0 Å². The minimum atomic E-state index is 0.503. The Morgan fingerprint density at radius 2 is 2.41 bits per heavy atom. The molecule has 92 valence electrons. The summed E-state index contributed by atoms with van der Waals surface area (Å²) in [5, 5.41) is 3.52. The first kappa shape index (κ1) is 11.2. The first-order valence-corrected chi connectivity index (χ1v) is 6.64. The van der Waals surface area contributed by atoms with Gasteiger partial charge >= 0.3 is 0 Å². The molecule has 1 N–H and O–H groups in total. The lowest BCUT2D eigenvalue weighted by Crippen LogP contribution is -2.30. The molecule has 1 spiro atoms. The van der Waals surface area contributed by atoms with E-state index in [1.165, 1.54) is 44.6 Å². The van der Waals surface area contributed by atoms with Crippen LogP contribution in [0.15, 0.2) is 24.5 Å². The largest absolute Gasteiger partial charge is 0.316 e. The molecule has 0 saturated carbocycles. The lowest BCUT2D eigenvalue weighted by Gasteiger charge is -2.27. The van der Waals surface area contributed by atoms with Crippen molar-refractivity contribution < 1.29 is 0 Å². The van der Waals surface area contributed by atoms with Crippen LogP contribution in [0.3, 0.4) is 0 Å². The molecule has 0 aromatic carbocycles.